The molecule has 0 amide bonds. The van der Waals surface area contributed by atoms with Crippen LogP contribution in [0.2, 0.25) is 0 Å². The lowest BCUT2D eigenvalue weighted by atomic mass is 10.3. The summed E-state index contributed by atoms with van der Waals surface area (Å²) in [6.07, 6.45) is 3.33. The van der Waals surface area contributed by atoms with Crippen LogP contribution in [0, 0.1) is 0 Å². The number of rotatable bonds is 4. The Balaban J connectivity index is 1.81. The Morgan fingerprint density at radius 1 is 1.27 bits per heavy atom. The molecule has 2 aromatic rings. The summed E-state index contributed by atoms with van der Waals surface area (Å²) in [4.78, 5) is 3.97. The summed E-state index contributed by atoms with van der Waals surface area (Å²) >= 11 is 0. The minimum Gasteiger partial charge on any atom is -0.467 e. The van der Waals surface area contributed by atoms with Gasteiger partial charge in [0, 0.05) is 6.20 Å². The van der Waals surface area contributed by atoms with Gasteiger partial charge in [-0.1, -0.05) is 6.07 Å². The highest BCUT2D eigenvalue weighted by Crippen LogP contribution is 2.06. The molecule has 0 saturated carbocycles. The van der Waals surface area contributed by atoms with Crippen LogP contribution < -0.4 is 5.73 Å². The first kappa shape index (κ1) is 9.73. The summed E-state index contributed by atoms with van der Waals surface area (Å²) in [6, 6.07) is 7.36. The van der Waals surface area contributed by atoms with Gasteiger partial charge in [0.15, 0.2) is 0 Å². The molecule has 0 aliphatic rings. The van der Waals surface area contributed by atoms with E-state index in [0.717, 1.165) is 11.3 Å². The van der Waals surface area contributed by atoms with Crippen molar-refractivity contribution in [1.29, 1.82) is 0 Å². The number of hydrogen-bond donors (Lipinski definition) is 1. The van der Waals surface area contributed by atoms with Crippen molar-refractivity contribution in [3.8, 4) is 0 Å². The smallest absolute Gasteiger partial charge is 0.129 e. The van der Waals surface area contributed by atoms with Crippen LogP contribution in [0.4, 0.5) is 5.82 Å². The van der Waals surface area contributed by atoms with E-state index in [2.05, 4.69) is 4.98 Å². The molecule has 78 valence electrons. The van der Waals surface area contributed by atoms with E-state index >= 15 is 0 Å². The average molecular weight is 204 g/mol. The second-order valence-corrected chi connectivity index (χ2v) is 3.16. The molecule has 0 bridgehead atoms. The normalized spacial score (nSPS) is 10.4. The quantitative estimate of drug-likeness (QED) is 0.827. The summed E-state index contributed by atoms with van der Waals surface area (Å²) < 4.78 is 10.6. The third kappa shape index (κ3) is 2.82. The lowest BCUT2D eigenvalue weighted by Crippen LogP contribution is -1.95. The summed E-state index contributed by atoms with van der Waals surface area (Å²) in [7, 11) is 0. The van der Waals surface area contributed by atoms with Gasteiger partial charge in [-0.15, -0.1) is 0 Å². The number of ether oxygens (including phenoxy) is 1. The largest absolute Gasteiger partial charge is 0.467 e. The number of anilines is 1. The maximum atomic E-state index is 5.47. The van der Waals surface area contributed by atoms with Gasteiger partial charge in [-0.05, 0) is 23.8 Å². The highest BCUT2D eigenvalue weighted by atomic mass is 16.5. The second kappa shape index (κ2) is 4.61. The topological polar surface area (TPSA) is 61.3 Å². The third-order valence-corrected chi connectivity index (χ3v) is 1.94. The monoisotopic (exact) mass is 204 g/mol. The van der Waals surface area contributed by atoms with Gasteiger partial charge in [-0.25, -0.2) is 4.98 Å². The molecule has 0 saturated heterocycles. The molecule has 0 unspecified atom stereocenters. The van der Waals surface area contributed by atoms with Crippen LogP contribution in [0.5, 0.6) is 0 Å². The van der Waals surface area contributed by atoms with Crippen molar-refractivity contribution in [2.75, 3.05) is 5.73 Å². The zero-order chi connectivity index (χ0) is 10.5. The molecule has 0 aliphatic heterocycles. The van der Waals surface area contributed by atoms with Crippen LogP contribution in [-0.2, 0) is 18.0 Å². The first-order valence-corrected chi connectivity index (χ1v) is 4.65. The molecule has 0 fully saturated rings. The van der Waals surface area contributed by atoms with Gasteiger partial charge in [0.25, 0.3) is 0 Å². The molecule has 2 aromatic heterocycles. The van der Waals surface area contributed by atoms with Gasteiger partial charge in [0.1, 0.15) is 18.2 Å². The first-order valence-electron chi connectivity index (χ1n) is 4.65. The lowest BCUT2D eigenvalue weighted by Gasteiger charge is -2.02. The molecular weight excluding hydrogens is 192 g/mol. The number of hydrogen-bond acceptors (Lipinski definition) is 4. The molecule has 0 aromatic carbocycles. The van der Waals surface area contributed by atoms with E-state index in [1.54, 1.807) is 18.5 Å². The van der Waals surface area contributed by atoms with E-state index in [1.807, 2.05) is 18.2 Å². The SMILES string of the molecule is Nc1ccc(COCc2ccco2)cn1. The number of aromatic nitrogens is 1. The van der Waals surface area contributed by atoms with E-state index in [0.29, 0.717) is 19.0 Å². The fourth-order valence-electron chi connectivity index (χ4n) is 1.19. The van der Waals surface area contributed by atoms with Gasteiger partial charge >= 0.3 is 0 Å². The van der Waals surface area contributed by atoms with E-state index in [1.165, 1.54) is 0 Å². The predicted octanol–water partition coefficient (Wildman–Crippen LogP) is 1.97. The Labute approximate surface area is 87.7 Å². The van der Waals surface area contributed by atoms with E-state index < -0.39 is 0 Å². The summed E-state index contributed by atoms with van der Waals surface area (Å²) in [6.45, 7) is 0.978. The van der Waals surface area contributed by atoms with E-state index in [-0.39, 0.29) is 0 Å². The van der Waals surface area contributed by atoms with Gasteiger partial charge in [-0.3, -0.25) is 0 Å². The Bertz CT molecular complexity index is 395. The summed E-state index contributed by atoms with van der Waals surface area (Å²) in [5.74, 6) is 1.34. The standard InChI is InChI=1S/C11H12N2O2/c12-11-4-3-9(6-13-11)7-14-8-10-2-1-5-15-10/h1-6H,7-8H2,(H2,12,13). The highest BCUT2D eigenvalue weighted by molar-refractivity contribution is 5.28. The van der Waals surface area contributed by atoms with Gasteiger partial charge in [0.2, 0.25) is 0 Å². The fraction of sp³-hybridized carbons (Fsp3) is 0.182. The number of nitrogen functional groups attached to an aromatic ring is 1. The van der Waals surface area contributed by atoms with Crippen molar-refractivity contribution in [3.63, 3.8) is 0 Å². The van der Waals surface area contributed by atoms with Crippen LogP contribution in [0.25, 0.3) is 0 Å². The Morgan fingerprint density at radius 2 is 2.20 bits per heavy atom. The molecule has 4 heteroatoms. The second-order valence-electron chi connectivity index (χ2n) is 3.16. The molecule has 0 aliphatic carbocycles. The molecule has 0 spiro atoms. The highest BCUT2D eigenvalue weighted by Gasteiger charge is 1.97. The maximum absolute atomic E-state index is 5.47. The average Bonchev–Trinajstić information content (AvgIpc) is 2.74. The molecule has 15 heavy (non-hydrogen) atoms. The molecular formula is C11H12N2O2. The Morgan fingerprint density at radius 3 is 2.87 bits per heavy atom. The minimum atomic E-state index is 0.470. The van der Waals surface area contributed by atoms with Crippen LogP contribution in [0.15, 0.2) is 41.1 Å². The first-order chi connectivity index (χ1) is 7.34. The van der Waals surface area contributed by atoms with Crippen molar-refractivity contribution < 1.29 is 9.15 Å². The number of pyridine rings is 1. The molecule has 2 rings (SSSR count). The van der Waals surface area contributed by atoms with Crippen molar-refractivity contribution >= 4 is 5.82 Å². The number of furan rings is 1. The zero-order valence-electron chi connectivity index (χ0n) is 8.22. The number of nitrogens with two attached hydrogens (primary N) is 1. The van der Waals surface area contributed by atoms with Crippen LogP contribution in [0.1, 0.15) is 11.3 Å². The Kier molecular flexibility index (Phi) is 2.99. The predicted molar refractivity (Wildman–Crippen MR) is 55.9 cm³/mol. The van der Waals surface area contributed by atoms with Gasteiger partial charge in [-0.2, -0.15) is 0 Å². The molecule has 4 nitrogen and oxygen atoms in total. The van der Waals surface area contributed by atoms with E-state index in [4.69, 9.17) is 14.9 Å². The summed E-state index contributed by atoms with van der Waals surface area (Å²) in [5.41, 5.74) is 6.46. The third-order valence-electron chi connectivity index (χ3n) is 1.94. The Hall–Kier alpha value is -1.81. The fourth-order valence-corrected chi connectivity index (χ4v) is 1.19. The van der Waals surface area contributed by atoms with Crippen LogP contribution in [-0.4, -0.2) is 4.98 Å². The lowest BCUT2D eigenvalue weighted by molar-refractivity contribution is 0.0928. The zero-order valence-corrected chi connectivity index (χ0v) is 8.22. The van der Waals surface area contributed by atoms with Crippen molar-refractivity contribution in [3.05, 3.63) is 48.0 Å². The molecule has 2 N–H and O–H groups in total. The van der Waals surface area contributed by atoms with Crippen molar-refractivity contribution in [2.45, 2.75) is 13.2 Å². The van der Waals surface area contributed by atoms with E-state index in [9.17, 15) is 0 Å². The van der Waals surface area contributed by atoms with Crippen molar-refractivity contribution in [1.82, 2.24) is 4.98 Å². The molecule has 0 atom stereocenters. The van der Waals surface area contributed by atoms with Gasteiger partial charge in [0.05, 0.1) is 12.9 Å². The minimum absolute atomic E-state index is 0.470. The summed E-state index contributed by atoms with van der Waals surface area (Å²) in [5, 5.41) is 0. The van der Waals surface area contributed by atoms with Crippen LogP contribution >= 0.6 is 0 Å². The molecule has 2 heterocycles. The molecule has 0 radical (unpaired) electrons. The van der Waals surface area contributed by atoms with Gasteiger partial charge < -0.3 is 14.9 Å². The van der Waals surface area contributed by atoms with Crippen LogP contribution in [0.3, 0.4) is 0 Å². The van der Waals surface area contributed by atoms with Crippen molar-refractivity contribution in [2.24, 2.45) is 0 Å². The number of nitrogens with zero attached hydrogens (tertiary/aromatic N) is 1. The maximum Gasteiger partial charge on any atom is 0.129 e.